The zero-order chi connectivity index (χ0) is 18.8. The summed E-state index contributed by atoms with van der Waals surface area (Å²) >= 11 is 0. The Morgan fingerprint density at radius 3 is 2.00 bits per heavy atom. The molecule has 0 aromatic heterocycles. The van der Waals surface area contributed by atoms with Crippen molar-refractivity contribution < 1.29 is 23.1 Å². The molecular formula is C17H22N2O5S. The van der Waals surface area contributed by atoms with Gasteiger partial charge in [0.25, 0.3) is 0 Å². The molecule has 0 saturated heterocycles. The van der Waals surface area contributed by atoms with Crippen molar-refractivity contribution in [3.63, 3.8) is 0 Å². The molecule has 0 amide bonds. The maximum atomic E-state index is 13.0. The third-order valence-corrected chi connectivity index (χ3v) is 6.11. The van der Waals surface area contributed by atoms with Gasteiger partial charge in [-0.15, -0.1) is 0 Å². The highest BCUT2D eigenvalue weighted by Crippen LogP contribution is 2.32. The van der Waals surface area contributed by atoms with Crippen LogP contribution in [0.25, 0.3) is 0 Å². The number of hydrogen-bond donors (Lipinski definition) is 1. The Bertz CT molecular complexity index is 825. The summed E-state index contributed by atoms with van der Waals surface area (Å²) < 4.78 is 26.8. The number of allylic oxidation sites excluding steroid dienone is 2. The van der Waals surface area contributed by atoms with Crippen LogP contribution in [0.3, 0.4) is 0 Å². The van der Waals surface area contributed by atoms with Crippen molar-refractivity contribution in [2.45, 2.75) is 13.8 Å². The molecule has 0 saturated carbocycles. The monoisotopic (exact) mass is 366 g/mol. The number of nitrogens with zero attached hydrogens (tertiary/aromatic N) is 2. The molecule has 8 heteroatoms. The van der Waals surface area contributed by atoms with Gasteiger partial charge in [0.2, 0.25) is 21.6 Å². The number of ketones is 2. The van der Waals surface area contributed by atoms with Crippen molar-refractivity contribution in [1.29, 1.82) is 0 Å². The summed E-state index contributed by atoms with van der Waals surface area (Å²) in [5.74, 6) is -1.17. The van der Waals surface area contributed by atoms with Gasteiger partial charge < -0.3 is 10.0 Å². The fraction of sp³-hybridized carbons (Fsp3) is 0.412. The van der Waals surface area contributed by atoms with Crippen molar-refractivity contribution in [3.05, 3.63) is 46.0 Å². The molecule has 0 radical (unpaired) electrons. The predicted octanol–water partition coefficient (Wildman–Crippen LogP) is 0.873. The largest absolute Gasteiger partial charge is 0.395 e. The number of carbonyl (C=O) groups excluding carboxylic acids is 2. The van der Waals surface area contributed by atoms with Crippen LogP contribution < -0.4 is 0 Å². The molecule has 0 spiro atoms. The summed E-state index contributed by atoms with van der Waals surface area (Å²) in [6.07, 6.45) is 0. The topological polar surface area (TPSA) is 95.0 Å². The van der Waals surface area contributed by atoms with Gasteiger partial charge in [0.05, 0.1) is 6.61 Å². The number of likely N-dealkylation sites (N-methyl/N-ethyl adjacent to an activating group) is 2. The van der Waals surface area contributed by atoms with Gasteiger partial charge in [0.1, 0.15) is 5.70 Å². The lowest BCUT2D eigenvalue weighted by atomic mass is 9.92. The normalized spacial score (nSPS) is 14.9. The number of benzene rings is 1. The zero-order valence-corrected chi connectivity index (χ0v) is 15.3. The molecule has 0 bridgehead atoms. The van der Waals surface area contributed by atoms with Crippen molar-refractivity contribution >= 4 is 21.6 Å². The number of sulfonamides is 1. The average Bonchev–Trinajstić information content (AvgIpc) is 2.60. The van der Waals surface area contributed by atoms with E-state index in [1.807, 2.05) is 0 Å². The van der Waals surface area contributed by atoms with Crippen molar-refractivity contribution in [3.8, 4) is 0 Å². The number of aliphatic hydroxyl groups is 1. The Kier molecular flexibility index (Phi) is 5.76. The lowest BCUT2D eigenvalue weighted by Crippen LogP contribution is -2.41. The maximum absolute atomic E-state index is 13.0. The van der Waals surface area contributed by atoms with Crippen LogP contribution in [-0.4, -0.2) is 67.6 Å². The van der Waals surface area contributed by atoms with Crippen LogP contribution in [0.4, 0.5) is 0 Å². The second-order valence-corrected chi connectivity index (χ2v) is 7.59. The van der Waals surface area contributed by atoms with E-state index in [0.717, 1.165) is 4.31 Å². The van der Waals surface area contributed by atoms with E-state index in [-0.39, 0.29) is 30.0 Å². The molecule has 0 unspecified atom stereocenters. The molecule has 1 aliphatic carbocycles. The van der Waals surface area contributed by atoms with Gasteiger partial charge in [-0.1, -0.05) is 24.3 Å². The fourth-order valence-corrected chi connectivity index (χ4v) is 4.27. The third kappa shape index (κ3) is 3.24. The van der Waals surface area contributed by atoms with Gasteiger partial charge >= 0.3 is 0 Å². The first-order chi connectivity index (χ1) is 11.8. The number of aliphatic hydroxyl groups excluding tert-OH is 1. The average molecular weight is 366 g/mol. The first kappa shape index (κ1) is 19.3. The summed E-state index contributed by atoms with van der Waals surface area (Å²) in [4.78, 5) is 27.0. The number of Topliss-reactive ketones (excluding diaryl/α,β-unsaturated/α-hetero) is 2. The fourth-order valence-electron chi connectivity index (χ4n) is 2.82. The Balaban J connectivity index is 2.78. The third-order valence-electron chi connectivity index (χ3n) is 4.22. The van der Waals surface area contributed by atoms with E-state index in [1.54, 1.807) is 30.9 Å². The molecule has 0 atom stereocenters. The van der Waals surface area contributed by atoms with E-state index >= 15 is 0 Å². The zero-order valence-electron chi connectivity index (χ0n) is 14.5. The second kappa shape index (κ2) is 7.47. The Morgan fingerprint density at radius 2 is 1.52 bits per heavy atom. The van der Waals surface area contributed by atoms with Crippen LogP contribution in [0.15, 0.2) is 34.9 Å². The van der Waals surface area contributed by atoms with E-state index in [2.05, 4.69) is 0 Å². The number of carbonyl (C=O) groups is 2. The van der Waals surface area contributed by atoms with Crippen LogP contribution in [-0.2, 0) is 10.0 Å². The Hall–Kier alpha value is -2.03. The van der Waals surface area contributed by atoms with E-state index in [9.17, 15) is 18.0 Å². The van der Waals surface area contributed by atoms with Gasteiger partial charge in [-0.05, 0) is 13.8 Å². The van der Waals surface area contributed by atoms with Crippen LogP contribution in [0, 0.1) is 0 Å². The minimum Gasteiger partial charge on any atom is -0.395 e. The Labute approximate surface area is 147 Å². The van der Waals surface area contributed by atoms with Gasteiger partial charge in [-0.25, -0.2) is 8.42 Å². The summed E-state index contributed by atoms with van der Waals surface area (Å²) in [6.45, 7) is 3.79. The van der Waals surface area contributed by atoms with Crippen LogP contribution in [0.1, 0.15) is 34.6 Å². The quantitative estimate of drug-likeness (QED) is 0.769. The van der Waals surface area contributed by atoms with Crippen molar-refractivity contribution in [2.75, 3.05) is 33.3 Å². The minimum absolute atomic E-state index is 0.0828. The summed E-state index contributed by atoms with van der Waals surface area (Å²) in [7, 11) is -2.95. The maximum Gasteiger partial charge on any atom is 0.249 e. The molecule has 0 fully saturated rings. The second-order valence-electron chi connectivity index (χ2n) is 5.60. The van der Waals surface area contributed by atoms with E-state index in [0.29, 0.717) is 13.1 Å². The first-order valence-electron chi connectivity index (χ1n) is 8.06. The standard InChI is InChI=1S/C17H22N2O5S/c1-4-19(5-2)14-15(21)12-8-6-7-9-13(12)16(22)17(14)25(23,24)18(3)10-11-20/h6-9,20H,4-5,10-11H2,1-3H3. The van der Waals surface area contributed by atoms with Crippen LogP contribution in [0.2, 0.25) is 0 Å². The molecular weight excluding hydrogens is 344 g/mol. The highest BCUT2D eigenvalue weighted by Gasteiger charge is 2.42. The predicted molar refractivity (Wildman–Crippen MR) is 93.7 cm³/mol. The summed E-state index contributed by atoms with van der Waals surface area (Å²) in [5, 5.41) is 9.06. The van der Waals surface area contributed by atoms with E-state index in [1.165, 1.54) is 19.2 Å². The highest BCUT2D eigenvalue weighted by molar-refractivity contribution is 7.94. The molecule has 0 heterocycles. The lowest BCUT2D eigenvalue weighted by molar-refractivity contribution is 0.0948. The molecule has 136 valence electrons. The number of fused-ring (bicyclic) bond motifs is 1. The molecule has 1 aromatic carbocycles. The molecule has 1 aromatic rings. The molecule has 25 heavy (non-hydrogen) atoms. The van der Waals surface area contributed by atoms with E-state index in [4.69, 9.17) is 5.11 Å². The first-order valence-corrected chi connectivity index (χ1v) is 9.50. The van der Waals surface area contributed by atoms with Gasteiger partial charge in [-0.3, -0.25) is 9.59 Å². The van der Waals surface area contributed by atoms with E-state index < -0.39 is 26.5 Å². The molecule has 7 nitrogen and oxygen atoms in total. The molecule has 0 aliphatic heterocycles. The summed E-state index contributed by atoms with van der Waals surface area (Å²) in [6, 6.07) is 6.21. The number of hydrogen-bond acceptors (Lipinski definition) is 6. The molecule has 1 aliphatic rings. The SMILES string of the molecule is CCN(CC)C1=C(S(=O)(=O)N(C)CCO)C(=O)c2ccccc2C1=O. The van der Waals surface area contributed by atoms with Crippen molar-refractivity contribution in [2.24, 2.45) is 0 Å². The van der Waals surface area contributed by atoms with Crippen molar-refractivity contribution in [1.82, 2.24) is 9.21 Å². The van der Waals surface area contributed by atoms with Gasteiger partial charge in [0.15, 0.2) is 4.91 Å². The Morgan fingerprint density at radius 1 is 1.00 bits per heavy atom. The van der Waals surface area contributed by atoms with Crippen LogP contribution >= 0.6 is 0 Å². The lowest BCUT2D eigenvalue weighted by Gasteiger charge is -2.30. The summed E-state index contributed by atoms with van der Waals surface area (Å²) in [5.41, 5.74) is 0.191. The number of rotatable bonds is 7. The van der Waals surface area contributed by atoms with Gasteiger partial charge in [0, 0.05) is 37.8 Å². The molecule has 1 N–H and O–H groups in total. The molecule has 2 rings (SSSR count). The van der Waals surface area contributed by atoms with Gasteiger partial charge in [-0.2, -0.15) is 4.31 Å². The highest BCUT2D eigenvalue weighted by atomic mass is 32.2. The smallest absolute Gasteiger partial charge is 0.249 e. The van der Waals surface area contributed by atoms with Crippen LogP contribution in [0.5, 0.6) is 0 Å². The minimum atomic E-state index is -4.22.